The Labute approximate surface area is 116 Å². The zero-order valence-corrected chi connectivity index (χ0v) is 11.5. The predicted octanol–water partition coefficient (Wildman–Crippen LogP) is 0.927. The summed E-state index contributed by atoms with van der Waals surface area (Å²) in [7, 11) is 0. The summed E-state index contributed by atoms with van der Waals surface area (Å²) in [5, 5.41) is 7.38. The highest BCUT2D eigenvalue weighted by Crippen LogP contribution is 2.26. The molecule has 0 saturated carbocycles. The Bertz CT molecular complexity index is 586. The standard InChI is InChI=1S/C13H17N5O2/c1-3-14-11-7-19-6-9(11)13-17-12(18-20-13)10-4-5-15-8(2)16-10/h4-5,9,11,14H,3,6-7H2,1-2H3. The van der Waals surface area contributed by atoms with Crippen LogP contribution in [0.2, 0.25) is 0 Å². The topological polar surface area (TPSA) is 86.0 Å². The molecule has 2 atom stereocenters. The van der Waals surface area contributed by atoms with Crippen LogP contribution in [0.25, 0.3) is 11.5 Å². The van der Waals surface area contributed by atoms with Gasteiger partial charge in [0.15, 0.2) is 0 Å². The van der Waals surface area contributed by atoms with Gasteiger partial charge in [0, 0.05) is 12.2 Å². The van der Waals surface area contributed by atoms with E-state index in [1.807, 2.05) is 6.92 Å². The molecule has 20 heavy (non-hydrogen) atoms. The van der Waals surface area contributed by atoms with Crippen molar-refractivity contribution >= 4 is 0 Å². The molecule has 2 aromatic heterocycles. The van der Waals surface area contributed by atoms with Crippen molar-refractivity contribution in [2.24, 2.45) is 0 Å². The molecule has 2 unspecified atom stereocenters. The zero-order valence-electron chi connectivity index (χ0n) is 11.5. The minimum Gasteiger partial charge on any atom is -0.379 e. The van der Waals surface area contributed by atoms with Crippen molar-refractivity contribution in [3.8, 4) is 11.5 Å². The molecule has 1 N–H and O–H groups in total. The average molecular weight is 275 g/mol. The molecule has 0 spiro atoms. The normalized spacial score (nSPS) is 22.3. The van der Waals surface area contributed by atoms with Gasteiger partial charge in [-0.15, -0.1) is 0 Å². The largest absolute Gasteiger partial charge is 0.379 e. The third kappa shape index (κ3) is 2.54. The Hall–Kier alpha value is -1.86. The van der Waals surface area contributed by atoms with Gasteiger partial charge in [-0.1, -0.05) is 12.1 Å². The second-order valence-electron chi connectivity index (χ2n) is 4.75. The van der Waals surface area contributed by atoms with E-state index in [1.54, 1.807) is 12.3 Å². The van der Waals surface area contributed by atoms with E-state index in [0.29, 0.717) is 36.4 Å². The number of aryl methyl sites for hydroxylation is 1. The van der Waals surface area contributed by atoms with Crippen molar-refractivity contribution in [3.63, 3.8) is 0 Å². The molecule has 1 fully saturated rings. The van der Waals surface area contributed by atoms with Gasteiger partial charge in [-0.2, -0.15) is 4.98 Å². The summed E-state index contributed by atoms with van der Waals surface area (Å²) in [6, 6.07) is 2.00. The van der Waals surface area contributed by atoms with Gasteiger partial charge in [0.25, 0.3) is 0 Å². The fourth-order valence-electron chi connectivity index (χ4n) is 2.33. The lowest BCUT2D eigenvalue weighted by Crippen LogP contribution is -2.34. The molecule has 0 radical (unpaired) electrons. The third-order valence-electron chi connectivity index (χ3n) is 3.31. The second kappa shape index (κ2) is 5.64. The Balaban J connectivity index is 1.83. The summed E-state index contributed by atoms with van der Waals surface area (Å²) in [5.74, 6) is 1.87. The summed E-state index contributed by atoms with van der Waals surface area (Å²) < 4.78 is 10.9. The Kier molecular flexibility index (Phi) is 3.70. The van der Waals surface area contributed by atoms with Crippen molar-refractivity contribution in [3.05, 3.63) is 24.0 Å². The highest BCUT2D eigenvalue weighted by molar-refractivity contribution is 5.47. The molecule has 7 heteroatoms. The van der Waals surface area contributed by atoms with Gasteiger partial charge in [0.05, 0.1) is 19.1 Å². The SMILES string of the molecule is CCNC1COCC1c1nc(-c2ccnc(C)n2)no1. The van der Waals surface area contributed by atoms with Crippen LogP contribution in [-0.2, 0) is 4.74 Å². The molecule has 1 saturated heterocycles. The summed E-state index contributed by atoms with van der Waals surface area (Å²) in [5.41, 5.74) is 0.673. The van der Waals surface area contributed by atoms with E-state index in [4.69, 9.17) is 9.26 Å². The molecule has 0 aliphatic carbocycles. The van der Waals surface area contributed by atoms with E-state index < -0.39 is 0 Å². The smallest absolute Gasteiger partial charge is 0.234 e. The quantitative estimate of drug-likeness (QED) is 0.888. The third-order valence-corrected chi connectivity index (χ3v) is 3.31. The molecule has 3 heterocycles. The van der Waals surface area contributed by atoms with Crippen LogP contribution < -0.4 is 5.32 Å². The number of hydrogen-bond donors (Lipinski definition) is 1. The molecule has 7 nitrogen and oxygen atoms in total. The molecular weight excluding hydrogens is 258 g/mol. The molecular formula is C13H17N5O2. The average Bonchev–Trinajstić information content (AvgIpc) is 3.07. The van der Waals surface area contributed by atoms with Crippen LogP contribution in [-0.4, -0.2) is 45.9 Å². The van der Waals surface area contributed by atoms with Gasteiger partial charge in [0.1, 0.15) is 11.5 Å². The number of hydrogen-bond acceptors (Lipinski definition) is 7. The Morgan fingerprint density at radius 2 is 2.25 bits per heavy atom. The van der Waals surface area contributed by atoms with Crippen molar-refractivity contribution in [1.29, 1.82) is 0 Å². The Morgan fingerprint density at radius 3 is 3.05 bits per heavy atom. The van der Waals surface area contributed by atoms with Crippen molar-refractivity contribution in [1.82, 2.24) is 25.4 Å². The number of likely N-dealkylation sites (N-methyl/N-ethyl adjacent to an activating group) is 1. The summed E-state index contributed by atoms with van der Waals surface area (Å²) in [4.78, 5) is 12.8. The van der Waals surface area contributed by atoms with Crippen LogP contribution in [0.15, 0.2) is 16.8 Å². The number of aromatic nitrogens is 4. The first kappa shape index (κ1) is 13.1. The van der Waals surface area contributed by atoms with Gasteiger partial charge in [-0.25, -0.2) is 9.97 Å². The molecule has 1 aliphatic rings. The lowest BCUT2D eigenvalue weighted by Gasteiger charge is -2.13. The maximum absolute atomic E-state index is 5.49. The van der Waals surface area contributed by atoms with Gasteiger partial charge >= 0.3 is 0 Å². The van der Waals surface area contributed by atoms with Gasteiger partial charge in [-0.05, 0) is 19.5 Å². The minimum absolute atomic E-state index is 0.0964. The summed E-state index contributed by atoms with van der Waals surface area (Å²) in [6.45, 7) is 6.05. The number of nitrogens with zero attached hydrogens (tertiary/aromatic N) is 4. The van der Waals surface area contributed by atoms with Crippen LogP contribution in [0.4, 0.5) is 0 Å². The van der Waals surface area contributed by atoms with Gasteiger partial charge < -0.3 is 14.6 Å². The molecule has 1 aliphatic heterocycles. The van der Waals surface area contributed by atoms with Crippen LogP contribution in [0.3, 0.4) is 0 Å². The molecule has 106 valence electrons. The lowest BCUT2D eigenvalue weighted by molar-refractivity contribution is 0.185. The van der Waals surface area contributed by atoms with Gasteiger partial charge in [0.2, 0.25) is 11.7 Å². The molecule has 0 aromatic carbocycles. The number of rotatable bonds is 4. The monoisotopic (exact) mass is 275 g/mol. The van der Waals surface area contributed by atoms with Crippen LogP contribution in [0.1, 0.15) is 24.6 Å². The minimum atomic E-state index is 0.0964. The van der Waals surface area contributed by atoms with Crippen LogP contribution >= 0.6 is 0 Å². The fraction of sp³-hybridized carbons (Fsp3) is 0.538. The van der Waals surface area contributed by atoms with Crippen molar-refractivity contribution in [2.75, 3.05) is 19.8 Å². The van der Waals surface area contributed by atoms with Crippen molar-refractivity contribution < 1.29 is 9.26 Å². The second-order valence-corrected chi connectivity index (χ2v) is 4.75. The lowest BCUT2D eigenvalue weighted by atomic mass is 10.0. The van der Waals surface area contributed by atoms with Crippen LogP contribution in [0, 0.1) is 6.92 Å². The molecule has 3 rings (SSSR count). The molecule has 0 amide bonds. The molecule has 0 bridgehead atoms. The Morgan fingerprint density at radius 1 is 1.35 bits per heavy atom. The summed E-state index contributed by atoms with van der Waals surface area (Å²) in [6.07, 6.45) is 1.69. The number of ether oxygens (including phenoxy) is 1. The molecule has 2 aromatic rings. The van der Waals surface area contributed by atoms with E-state index in [0.717, 1.165) is 6.54 Å². The van der Waals surface area contributed by atoms with Crippen LogP contribution in [0.5, 0.6) is 0 Å². The number of nitrogens with one attached hydrogen (secondary N) is 1. The van der Waals surface area contributed by atoms with E-state index in [1.165, 1.54) is 0 Å². The van der Waals surface area contributed by atoms with E-state index in [2.05, 4.69) is 32.3 Å². The predicted molar refractivity (Wildman–Crippen MR) is 71.1 cm³/mol. The first-order valence-corrected chi connectivity index (χ1v) is 6.72. The van der Waals surface area contributed by atoms with Crippen molar-refractivity contribution in [2.45, 2.75) is 25.8 Å². The summed E-state index contributed by atoms with van der Waals surface area (Å²) >= 11 is 0. The van der Waals surface area contributed by atoms with E-state index in [9.17, 15) is 0 Å². The highest BCUT2D eigenvalue weighted by atomic mass is 16.5. The van der Waals surface area contributed by atoms with E-state index >= 15 is 0 Å². The first-order chi connectivity index (χ1) is 9.78. The zero-order chi connectivity index (χ0) is 13.9. The van der Waals surface area contributed by atoms with E-state index in [-0.39, 0.29) is 12.0 Å². The first-order valence-electron chi connectivity index (χ1n) is 6.72. The highest BCUT2D eigenvalue weighted by Gasteiger charge is 2.33. The van der Waals surface area contributed by atoms with Gasteiger partial charge in [-0.3, -0.25) is 0 Å². The maximum Gasteiger partial charge on any atom is 0.234 e. The fourth-order valence-corrected chi connectivity index (χ4v) is 2.33. The maximum atomic E-state index is 5.49.